The third-order valence-electron chi connectivity index (χ3n) is 3.15. The van der Waals surface area contributed by atoms with Crippen molar-refractivity contribution < 1.29 is 4.79 Å². The van der Waals surface area contributed by atoms with E-state index in [1.165, 1.54) is 24.0 Å². The molecular formula is C17H18O. The van der Waals surface area contributed by atoms with E-state index in [4.69, 9.17) is 0 Å². The summed E-state index contributed by atoms with van der Waals surface area (Å²) >= 11 is 0. The first-order valence-electron chi connectivity index (χ1n) is 6.48. The lowest BCUT2D eigenvalue weighted by Crippen LogP contribution is -1.91. The van der Waals surface area contributed by atoms with E-state index in [0.29, 0.717) is 0 Å². The molecule has 1 nitrogen and oxygen atoms in total. The van der Waals surface area contributed by atoms with Crippen molar-refractivity contribution >= 4 is 6.29 Å². The van der Waals surface area contributed by atoms with Gasteiger partial charge in [-0.2, -0.15) is 0 Å². The van der Waals surface area contributed by atoms with Crippen LogP contribution in [0.4, 0.5) is 0 Å². The molecule has 0 aliphatic carbocycles. The minimum Gasteiger partial charge on any atom is -0.298 e. The molecule has 0 spiro atoms. The number of aldehydes is 1. The maximum absolute atomic E-state index is 10.8. The zero-order valence-electron chi connectivity index (χ0n) is 10.7. The van der Waals surface area contributed by atoms with Gasteiger partial charge in [0.25, 0.3) is 0 Å². The standard InChI is InChI=1S/C17H18O/c1-2-3-8-15-9-4-5-11-17(15)16-10-6-7-14(12-16)13-18/h4-7,9-13H,2-3,8H2,1H3. The van der Waals surface area contributed by atoms with Crippen molar-refractivity contribution in [1.29, 1.82) is 0 Å². The van der Waals surface area contributed by atoms with Gasteiger partial charge in [-0.1, -0.05) is 55.8 Å². The lowest BCUT2D eigenvalue weighted by atomic mass is 9.95. The van der Waals surface area contributed by atoms with Gasteiger partial charge >= 0.3 is 0 Å². The van der Waals surface area contributed by atoms with Crippen molar-refractivity contribution in [2.24, 2.45) is 0 Å². The van der Waals surface area contributed by atoms with Gasteiger partial charge in [-0.15, -0.1) is 0 Å². The first-order chi connectivity index (χ1) is 8.85. The van der Waals surface area contributed by atoms with Crippen LogP contribution in [-0.4, -0.2) is 6.29 Å². The molecule has 0 aliphatic rings. The summed E-state index contributed by atoms with van der Waals surface area (Å²) in [5.41, 5.74) is 4.47. The van der Waals surface area contributed by atoms with Crippen molar-refractivity contribution in [3.05, 3.63) is 59.7 Å². The summed E-state index contributed by atoms with van der Waals surface area (Å²) in [6, 6.07) is 16.3. The normalized spacial score (nSPS) is 10.3. The minimum absolute atomic E-state index is 0.734. The fraction of sp³-hybridized carbons (Fsp3) is 0.235. The smallest absolute Gasteiger partial charge is 0.150 e. The van der Waals surface area contributed by atoms with Gasteiger partial charge in [0, 0.05) is 5.56 Å². The number of rotatable bonds is 5. The van der Waals surface area contributed by atoms with Gasteiger partial charge in [0.15, 0.2) is 0 Å². The molecule has 0 atom stereocenters. The first kappa shape index (κ1) is 12.6. The highest BCUT2D eigenvalue weighted by Gasteiger charge is 2.04. The highest BCUT2D eigenvalue weighted by Crippen LogP contribution is 2.25. The number of carbonyl (C=O) groups excluding carboxylic acids is 1. The largest absolute Gasteiger partial charge is 0.298 e. The Morgan fingerprint density at radius 2 is 1.89 bits per heavy atom. The highest BCUT2D eigenvalue weighted by molar-refractivity contribution is 5.79. The van der Waals surface area contributed by atoms with E-state index in [1.54, 1.807) is 0 Å². The van der Waals surface area contributed by atoms with Crippen molar-refractivity contribution in [2.45, 2.75) is 26.2 Å². The van der Waals surface area contributed by atoms with Gasteiger partial charge in [-0.25, -0.2) is 0 Å². The van der Waals surface area contributed by atoms with E-state index < -0.39 is 0 Å². The lowest BCUT2D eigenvalue weighted by molar-refractivity contribution is 0.112. The van der Waals surface area contributed by atoms with Crippen LogP contribution in [-0.2, 0) is 6.42 Å². The summed E-state index contributed by atoms with van der Waals surface area (Å²) in [4.78, 5) is 10.8. The molecular weight excluding hydrogens is 220 g/mol. The zero-order chi connectivity index (χ0) is 12.8. The third-order valence-corrected chi connectivity index (χ3v) is 3.15. The molecule has 0 saturated heterocycles. The Morgan fingerprint density at radius 3 is 2.67 bits per heavy atom. The van der Waals surface area contributed by atoms with Gasteiger partial charge in [-0.3, -0.25) is 4.79 Å². The molecule has 0 fully saturated rings. The predicted molar refractivity (Wildman–Crippen MR) is 75.9 cm³/mol. The van der Waals surface area contributed by atoms with Crippen LogP contribution < -0.4 is 0 Å². The average Bonchev–Trinajstić information content (AvgIpc) is 2.45. The molecule has 2 rings (SSSR count). The molecule has 0 aliphatic heterocycles. The minimum atomic E-state index is 0.734. The molecule has 92 valence electrons. The van der Waals surface area contributed by atoms with Gasteiger partial charge in [0.1, 0.15) is 6.29 Å². The molecule has 1 heteroatoms. The molecule has 18 heavy (non-hydrogen) atoms. The Hall–Kier alpha value is -1.89. The predicted octanol–water partition coefficient (Wildman–Crippen LogP) is 4.51. The van der Waals surface area contributed by atoms with Gasteiger partial charge in [0.05, 0.1) is 0 Å². The monoisotopic (exact) mass is 238 g/mol. The molecule has 0 amide bonds. The van der Waals surface area contributed by atoms with Crippen LogP contribution in [0.15, 0.2) is 48.5 Å². The van der Waals surface area contributed by atoms with Crippen molar-refractivity contribution in [3.63, 3.8) is 0 Å². The molecule has 0 heterocycles. The molecule has 0 aromatic heterocycles. The lowest BCUT2D eigenvalue weighted by Gasteiger charge is -2.09. The molecule has 2 aromatic carbocycles. The summed E-state index contributed by atoms with van der Waals surface area (Å²) in [5.74, 6) is 0. The molecule has 2 aromatic rings. The fourth-order valence-electron chi connectivity index (χ4n) is 2.17. The second-order valence-corrected chi connectivity index (χ2v) is 4.50. The average molecular weight is 238 g/mol. The molecule has 0 radical (unpaired) electrons. The first-order valence-corrected chi connectivity index (χ1v) is 6.48. The van der Waals surface area contributed by atoms with Gasteiger partial charge in [0.2, 0.25) is 0 Å². The zero-order valence-corrected chi connectivity index (χ0v) is 10.7. The Kier molecular flexibility index (Phi) is 4.30. The molecule has 0 unspecified atom stereocenters. The third kappa shape index (κ3) is 2.86. The Morgan fingerprint density at radius 1 is 1.06 bits per heavy atom. The Balaban J connectivity index is 2.39. The summed E-state index contributed by atoms with van der Waals surface area (Å²) in [6.45, 7) is 2.20. The van der Waals surface area contributed by atoms with Crippen LogP contribution in [0.5, 0.6) is 0 Å². The SMILES string of the molecule is CCCCc1ccccc1-c1cccc(C=O)c1. The van der Waals surface area contributed by atoms with Crippen LogP contribution >= 0.6 is 0 Å². The van der Waals surface area contributed by atoms with E-state index >= 15 is 0 Å². The molecule has 0 N–H and O–H groups in total. The topological polar surface area (TPSA) is 17.1 Å². The quantitative estimate of drug-likeness (QED) is 0.700. The van der Waals surface area contributed by atoms with E-state index in [1.807, 2.05) is 18.2 Å². The fourth-order valence-corrected chi connectivity index (χ4v) is 2.17. The number of hydrogen-bond acceptors (Lipinski definition) is 1. The van der Waals surface area contributed by atoms with Crippen molar-refractivity contribution in [3.8, 4) is 11.1 Å². The summed E-state index contributed by atoms with van der Waals surface area (Å²) in [7, 11) is 0. The Labute approximate surface area is 108 Å². The summed E-state index contributed by atoms with van der Waals surface area (Å²) in [5, 5.41) is 0. The van der Waals surface area contributed by atoms with Crippen LogP contribution in [0.25, 0.3) is 11.1 Å². The Bertz CT molecular complexity index is 529. The van der Waals surface area contributed by atoms with E-state index in [9.17, 15) is 4.79 Å². The van der Waals surface area contributed by atoms with Crippen LogP contribution in [0.1, 0.15) is 35.7 Å². The van der Waals surface area contributed by atoms with E-state index in [0.717, 1.165) is 23.8 Å². The van der Waals surface area contributed by atoms with E-state index in [2.05, 4.69) is 37.3 Å². The number of aryl methyl sites for hydroxylation is 1. The van der Waals surface area contributed by atoms with Crippen LogP contribution in [0, 0.1) is 0 Å². The van der Waals surface area contributed by atoms with Crippen molar-refractivity contribution in [1.82, 2.24) is 0 Å². The number of carbonyl (C=O) groups is 1. The summed E-state index contributed by atoms with van der Waals surface area (Å²) < 4.78 is 0. The van der Waals surface area contributed by atoms with Crippen LogP contribution in [0.3, 0.4) is 0 Å². The second kappa shape index (κ2) is 6.15. The van der Waals surface area contributed by atoms with Crippen molar-refractivity contribution in [2.75, 3.05) is 0 Å². The van der Waals surface area contributed by atoms with Gasteiger partial charge in [-0.05, 0) is 35.6 Å². The number of unbranched alkanes of at least 4 members (excludes halogenated alkanes) is 1. The van der Waals surface area contributed by atoms with Crippen LogP contribution in [0.2, 0.25) is 0 Å². The number of benzene rings is 2. The van der Waals surface area contributed by atoms with E-state index in [-0.39, 0.29) is 0 Å². The number of hydrogen-bond donors (Lipinski definition) is 0. The highest BCUT2D eigenvalue weighted by atomic mass is 16.1. The second-order valence-electron chi connectivity index (χ2n) is 4.50. The van der Waals surface area contributed by atoms with Gasteiger partial charge < -0.3 is 0 Å². The maximum atomic E-state index is 10.8. The molecule has 0 bridgehead atoms. The molecule has 0 saturated carbocycles. The maximum Gasteiger partial charge on any atom is 0.150 e. The summed E-state index contributed by atoms with van der Waals surface area (Å²) in [6.07, 6.45) is 4.39.